The number of hydrogen-bond donors (Lipinski definition) is 1. The molecule has 7 heteroatoms. The largest absolute Gasteiger partial charge is 0.494 e. The van der Waals surface area contributed by atoms with E-state index in [0.717, 1.165) is 39.1 Å². The molecule has 170 valence electrons. The lowest BCUT2D eigenvalue weighted by Crippen LogP contribution is -2.27. The molecule has 3 aromatic rings. The van der Waals surface area contributed by atoms with Crippen molar-refractivity contribution in [3.05, 3.63) is 59.1 Å². The highest BCUT2D eigenvalue weighted by molar-refractivity contribution is 7.13. The molecule has 2 aromatic carbocycles. The first-order valence-corrected chi connectivity index (χ1v) is 11.8. The summed E-state index contributed by atoms with van der Waals surface area (Å²) in [6.07, 6.45) is 0.980. The number of amides is 1. The van der Waals surface area contributed by atoms with Crippen LogP contribution in [0.3, 0.4) is 0 Å². The van der Waals surface area contributed by atoms with Gasteiger partial charge in [-0.15, -0.1) is 11.3 Å². The summed E-state index contributed by atoms with van der Waals surface area (Å²) in [5.74, 6) is 2.29. The lowest BCUT2D eigenvalue weighted by atomic mass is 10.1. The van der Waals surface area contributed by atoms with Crippen molar-refractivity contribution in [2.24, 2.45) is 0 Å². The fraction of sp³-hybridized carbons (Fsp3) is 0.360. The Bertz CT molecular complexity index is 1000. The van der Waals surface area contributed by atoms with Crippen LogP contribution in [0.1, 0.15) is 32.0 Å². The van der Waals surface area contributed by atoms with Crippen LogP contribution in [0.25, 0.3) is 10.6 Å². The van der Waals surface area contributed by atoms with Crippen LogP contribution in [-0.2, 0) is 17.6 Å². The van der Waals surface area contributed by atoms with E-state index >= 15 is 0 Å². The second-order valence-electron chi connectivity index (χ2n) is 7.03. The van der Waals surface area contributed by atoms with E-state index in [1.54, 1.807) is 0 Å². The summed E-state index contributed by atoms with van der Waals surface area (Å²) in [6, 6.07) is 13.7. The van der Waals surface area contributed by atoms with E-state index in [9.17, 15) is 4.79 Å². The third-order valence-corrected chi connectivity index (χ3v) is 5.59. The number of hydrogen-bond acceptors (Lipinski definition) is 6. The first-order valence-electron chi connectivity index (χ1n) is 11.0. The molecule has 1 amide bonds. The average Bonchev–Trinajstić information content (AvgIpc) is 3.25. The Kier molecular flexibility index (Phi) is 8.92. The highest BCUT2D eigenvalue weighted by atomic mass is 32.1. The Morgan fingerprint density at radius 1 is 0.938 bits per heavy atom. The second kappa shape index (κ2) is 12.1. The molecule has 0 aliphatic carbocycles. The van der Waals surface area contributed by atoms with Gasteiger partial charge in [-0.1, -0.05) is 6.07 Å². The molecule has 3 rings (SSSR count). The quantitative estimate of drug-likeness (QED) is 0.421. The van der Waals surface area contributed by atoms with Crippen LogP contribution in [0.4, 0.5) is 0 Å². The van der Waals surface area contributed by atoms with Crippen LogP contribution in [-0.4, -0.2) is 37.3 Å². The third kappa shape index (κ3) is 6.72. The van der Waals surface area contributed by atoms with Crippen molar-refractivity contribution in [3.8, 4) is 27.8 Å². The van der Waals surface area contributed by atoms with Gasteiger partial charge < -0.3 is 19.5 Å². The lowest BCUT2D eigenvalue weighted by molar-refractivity contribution is -0.120. The molecule has 0 spiro atoms. The number of rotatable bonds is 12. The molecule has 0 radical (unpaired) electrons. The number of benzene rings is 2. The van der Waals surface area contributed by atoms with Gasteiger partial charge >= 0.3 is 0 Å². The van der Waals surface area contributed by atoms with Gasteiger partial charge in [-0.2, -0.15) is 0 Å². The highest BCUT2D eigenvalue weighted by Gasteiger charge is 2.10. The van der Waals surface area contributed by atoms with Gasteiger partial charge in [0.2, 0.25) is 5.91 Å². The van der Waals surface area contributed by atoms with E-state index in [-0.39, 0.29) is 12.3 Å². The molecule has 6 nitrogen and oxygen atoms in total. The van der Waals surface area contributed by atoms with E-state index < -0.39 is 0 Å². The fourth-order valence-electron chi connectivity index (χ4n) is 3.21. The summed E-state index contributed by atoms with van der Waals surface area (Å²) in [7, 11) is 0. The molecule has 0 saturated carbocycles. The van der Waals surface area contributed by atoms with Gasteiger partial charge in [-0.25, -0.2) is 4.98 Å². The zero-order chi connectivity index (χ0) is 22.8. The van der Waals surface area contributed by atoms with E-state index in [1.165, 1.54) is 11.3 Å². The molecule has 0 bridgehead atoms. The number of carbonyl (C=O) groups excluding carboxylic acids is 1. The predicted octanol–water partition coefficient (Wildman–Crippen LogP) is 4.91. The topological polar surface area (TPSA) is 69.7 Å². The summed E-state index contributed by atoms with van der Waals surface area (Å²) < 4.78 is 16.7. The van der Waals surface area contributed by atoms with Crippen molar-refractivity contribution in [1.29, 1.82) is 0 Å². The molecule has 0 unspecified atom stereocenters. The summed E-state index contributed by atoms with van der Waals surface area (Å²) >= 11 is 1.54. The minimum atomic E-state index is -0.0375. The van der Waals surface area contributed by atoms with Gasteiger partial charge in [-0.05, 0) is 69.2 Å². The molecule has 0 saturated heterocycles. The van der Waals surface area contributed by atoms with E-state index in [0.29, 0.717) is 32.8 Å². The van der Waals surface area contributed by atoms with Gasteiger partial charge in [0, 0.05) is 17.5 Å². The van der Waals surface area contributed by atoms with Gasteiger partial charge in [0.1, 0.15) is 10.8 Å². The van der Waals surface area contributed by atoms with Crippen molar-refractivity contribution in [2.75, 3.05) is 26.4 Å². The molecule has 0 aliphatic rings. The van der Waals surface area contributed by atoms with Crippen molar-refractivity contribution < 1.29 is 19.0 Å². The summed E-state index contributed by atoms with van der Waals surface area (Å²) in [6.45, 7) is 8.21. The van der Waals surface area contributed by atoms with Gasteiger partial charge in [0.05, 0.1) is 31.9 Å². The molecule has 1 N–H and O–H groups in total. The van der Waals surface area contributed by atoms with Crippen LogP contribution in [0.15, 0.2) is 47.8 Å². The maximum atomic E-state index is 12.4. The smallest absolute Gasteiger partial charge is 0.226 e. The zero-order valence-corrected chi connectivity index (χ0v) is 19.7. The van der Waals surface area contributed by atoms with E-state index in [2.05, 4.69) is 10.3 Å². The minimum Gasteiger partial charge on any atom is -0.494 e. The molecular weight excluding hydrogens is 424 g/mol. The fourth-order valence-corrected chi connectivity index (χ4v) is 4.03. The Hall–Kier alpha value is -3.06. The average molecular weight is 455 g/mol. The predicted molar refractivity (Wildman–Crippen MR) is 128 cm³/mol. The van der Waals surface area contributed by atoms with E-state index in [1.807, 2.05) is 68.6 Å². The number of aromatic nitrogens is 1. The Morgan fingerprint density at radius 2 is 1.66 bits per heavy atom. The standard InChI is InChI=1S/C25H30N2O4S/c1-4-29-21-10-8-19(9-11-21)25-27-20(17-32-25)16-24(28)26-14-13-18-7-12-22(30-5-2)23(15-18)31-6-3/h7-12,15,17H,4-6,13-14,16H2,1-3H3,(H,26,28). The highest BCUT2D eigenvalue weighted by Crippen LogP contribution is 2.29. The van der Waals surface area contributed by atoms with Crippen LogP contribution in [0.5, 0.6) is 17.2 Å². The number of nitrogens with zero attached hydrogens (tertiary/aromatic N) is 1. The molecule has 1 heterocycles. The Balaban J connectivity index is 1.50. The SMILES string of the molecule is CCOc1ccc(-c2nc(CC(=O)NCCc3ccc(OCC)c(OCC)c3)cs2)cc1. The summed E-state index contributed by atoms with van der Waals surface area (Å²) in [4.78, 5) is 17.0. The first kappa shape index (κ1) is 23.6. The number of thiazole rings is 1. The van der Waals surface area contributed by atoms with Crippen molar-refractivity contribution in [2.45, 2.75) is 33.6 Å². The normalized spacial score (nSPS) is 10.6. The van der Waals surface area contributed by atoms with Crippen molar-refractivity contribution in [3.63, 3.8) is 0 Å². The maximum Gasteiger partial charge on any atom is 0.226 e. The third-order valence-electron chi connectivity index (χ3n) is 4.65. The van der Waals surface area contributed by atoms with Gasteiger partial charge in [0.15, 0.2) is 11.5 Å². The molecular formula is C25H30N2O4S. The molecule has 0 atom stereocenters. The second-order valence-corrected chi connectivity index (χ2v) is 7.88. The molecule has 0 fully saturated rings. The minimum absolute atomic E-state index is 0.0375. The van der Waals surface area contributed by atoms with Crippen molar-refractivity contribution in [1.82, 2.24) is 10.3 Å². The number of carbonyl (C=O) groups is 1. The molecule has 1 aromatic heterocycles. The maximum absolute atomic E-state index is 12.4. The number of nitrogens with one attached hydrogen (secondary N) is 1. The van der Waals surface area contributed by atoms with Crippen LogP contribution >= 0.6 is 11.3 Å². The number of ether oxygens (including phenoxy) is 3. The molecule has 0 aliphatic heterocycles. The van der Waals surface area contributed by atoms with Crippen LogP contribution in [0.2, 0.25) is 0 Å². The Morgan fingerprint density at radius 3 is 2.38 bits per heavy atom. The molecule has 32 heavy (non-hydrogen) atoms. The Labute approximate surface area is 193 Å². The monoisotopic (exact) mass is 454 g/mol. The zero-order valence-electron chi connectivity index (χ0n) is 18.8. The first-order chi connectivity index (χ1) is 15.6. The summed E-state index contributed by atoms with van der Waals surface area (Å²) in [5, 5.41) is 5.81. The van der Waals surface area contributed by atoms with Crippen LogP contribution in [0, 0.1) is 0 Å². The lowest BCUT2D eigenvalue weighted by Gasteiger charge is -2.12. The summed E-state index contributed by atoms with van der Waals surface area (Å²) in [5.41, 5.74) is 2.88. The van der Waals surface area contributed by atoms with E-state index in [4.69, 9.17) is 14.2 Å². The van der Waals surface area contributed by atoms with Gasteiger partial charge in [0.25, 0.3) is 0 Å². The van der Waals surface area contributed by atoms with Crippen molar-refractivity contribution >= 4 is 17.2 Å². The van der Waals surface area contributed by atoms with Gasteiger partial charge in [-0.3, -0.25) is 4.79 Å². The van der Waals surface area contributed by atoms with Crippen LogP contribution < -0.4 is 19.5 Å².